The number of hydrogen-bond donors (Lipinski definition) is 4. The zero-order valence-electron chi connectivity index (χ0n) is 22.0. The van der Waals surface area contributed by atoms with Gasteiger partial charge in [0.25, 0.3) is 0 Å². The first-order chi connectivity index (χ1) is 17.8. The Morgan fingerprint density at radius 3 is 2.08 bits per heavy atom. The molecule has 2 fully saturated rings. The Bertz CT molecular complexity index is 894. The third-order valence-electron chi connectivity index (χ3n) is 6.99. The summed E-state index contributed by atoms with van der Waals surface area (Å²) in [5.41, 5.74) is 12.3. The van der Waals surface area contributed by atoms with Crippen molar-refractivity contribution in [3.05, 3.63) is 35.9 Å². The van der Waals surface area contributed by atoms with E-state index in [0.29, 0.717) is 13.0 Å². The third-order valence-corrected chi connectivity index (χ3v) is 6.99. The zero-order valence-corrected chi connectivity index (χ0v) is 22.0. The summed E-state index contributed by atoms with van der Waals surface area (Å²) in [5.74, 6) is -0.366. The number of carbonyl (C=O) groups is 3. The van der Waals surface area contributed by atoms with Crippen LogP contribution < -0.4 is 22.1 Å². The number of amides is 3. The second-order valence-electron chi connectivity index (χ2n) is 10.1. The lowest BCUT2D eigenvalue weighted by atomic mass is 10.0. The fourth-order valence-electron chi connectivity index (χ4n) is 4.74. The normalized spacial score (nSPS) is 17.7. The van der Waals surface area contributed by atoms with Crippen molar-refractivity contribution in [3.8, 4) is 0 Å². The lowest BCUT2D eigenvalue weighted by Gasteiger charge is -2.28. The molecule has 1 aromatic rings. The summed E-state index contributed by atoms with van der Waals surface area (Å²) in [5, 5.41) is 5.34. The number of hydrogen-bond acceptors (Lipinski definition) is 5. The monoisotopic (exact) mass is 513 g/mol. The Balaban J connectivity index is 1.49. The van der Waals surface area contributed by atoms with Crippen LogP contribution in [0.1, 0.15) is 57.4 Å². The molecule has 3 amide bonds. The molecule has 0 bridgehead atoms. The van der Waals surface area contributed by atoms with Crippen LogP contribution in [0.5, 0.6) is 0 Å². The molecule has 0 unspecified atom stereocenters. The maximum atomic E-state index is 12.8. The maximum Gasteiger partial charge on any atom is 0.243 e. The van der Waals surface area contributed by atoms with Crippen LogP contribution in [-0.4, -0.2) is 84.3 Å². The minimum absolute atomic E-state index is 0.279. The molecule has 2 heterocycles. The molecule has 10 nitrogen and oxygen atoms in total. The van der Waals surface area contributed by atoms with Crippen molar-refractivity contribution in [1.82, 2.24) is 20.4 Å². The minimum Gasteiger partial charge on any atom is -0.368 e. The number of nitrogens with one attached hydrogen (secondary N) is 2. The average Bonchev–Trinajstić information content (AvgIpc) is 3.61. The van der Waals surface area contributed by atoms with Gasteiger partial charge >= 0.3 is 0 Å². The van der Waals surface area contributed by atoms with Gasteiger partial charge in [-0.15, -0.1) is 0 Å². The first-order valence-corrected chi connectivity index (χ1v) is 13.6. The van der Waals surface area contributed by atoms with Crippen LogP contribution in [0.25, 0.3) is 0 Å². The van der Waals surface area contributed by atoms with E-state index in [1.807, 2.05) is 30.3 Å². The van der Waals surface area contributed by atoms with Gasteiger partial charge in [0.05, 0.1) is 6.04 Å². The van der Waals surface area contributed by atoms with Crippen LogP contribution in [-0.2, 0) is 20.8 Å². The summed E-state index contributed by atoms with van der Waals surface area (Å²) in [7, 11) is 0. The molecule has 0 spiro atoms. The smallest absolute Gasteiger partial charge is 0.243 e. The predicted molar refractivity (Wildman–Crippen MR) is 145 cm³/mol. The fourth-order valence-corrected chi connectivity index (χ4v) is 4.74. The standard InChI is InChI=1S/C27H43N7O3/c1-20(24(29)35)31-26(37)23(19-21-11-3-2-4-12-21)32-25(36)22(28)13-5-6-14-30-27(33-15-7-8-16-33)34-17-9-10-18-34/h2-4,11-12,20,22-23H,5-10,13-19,28H2,1H3,(H2,29,35)(H,31,37)(H,32,36)/t20-,22-,23-/m0/s1. The summed E-state index contributed by atoms with van der Waals surface area (Å²) >= 11 is 0. The number of benzene rings is 1. The Hall–Kier alpha value is -3.14. The van der Waals surface area contributed by atoms with Crippen LogP contribution in [0.3, 0.4) is 0 Å². The van der Waals surface area contributed by atoms with Gasteiger partial charge in [-0.1, -0.05) is 30.3 Å². The Labute approximate surface area is 220 Å². The van der Waals surface area contributed by atoms with Gasteiger partial charge in [0.1, 0.15) is 12.1 Å². The third kappa shape index (κ3) is 9.03. The summed E-state index contributed by atoms with van der Waals surface area (Å²) in [6.07, 6.45) is 7.28. The highest BCUT2D eigenvalue weighted by Gasteiger charge is 2.26. The van der Waals surface area contributed by atoms with Crippen LogP contribution in [0.2, 0.25) is 0 Å². The number of guanidine groups is 1. The van der Waals surface area contributed by atoms with E-state index in [1.54, 1.807) is 0 Å². The molecule has 2 aliphatic rings. The van der Waals surface area contributed by atoms with E-state index in [1.165, 1.54) is 32.6 Å². The fraction of sp³-hybridized carbons (Fsp3) is 0.630. The molecule has 0 saturated carbocycles. The minimum atomic E-state index is -0.865. The van der Waals surface area contributed by atoms with Gasteiger partial charge in [-0.3, -0.25) is 19.4 Å². The largest absolute Gasteiger partial charge is 0.368 e. The molecule has 2 saturated heterocycles. The SMILES string of the molecule is C[C@H](NC(=O)[C@H](Cc1ccccc1)NC(=O)[C@@H](N)CCCCN=C(N1CCCC1)N1CCCC1)C(N)=O. The van der Waals surface area contributed by atoms with Crippen molar-refractivity contribution in [2.24, 2.45) is 16.5 Å². The summed E-state index contributed by atoms with van der Waals surface area (Å²) in [6.45, 7) is 6.54. The highest BCUT2D eigenvalue weighted by atomic mass is 16.2. The highest BCUT2D eigenvalue weighted by molar-refractivity contribution is 5.92. The predicted octanol–water partition coefficient (Wildman–Crippen LogP) is 0.749. The van der Waals surface area contributed by atoms with Crippen molar-refractivity contribution < 1.29 is 14.4 Å². The molecule has 6 N–H and O–H groups in total. The molecule has 2 aliphatic heterocycles. The van der Waals surface area contributed by atoms with Crippen LogP contribution in [0.4, 0.5) is 0 Å². The number of carbonyl (C=O) groups excluding carboxylic acids is 3. The van der Waals surface area contributed by atoms with E-state index >= 15 is 0 Å². The molecule has 37 heavy (non-hydrogen) atoms. The van der Waals surface area contributed by atoms with Gasteiger partial charge in [0, 0.05) is 39.1 Å². The highest BCUT2D eigenvalue weighted by Crippen LogP contribution is 2.16. The van der Waals surface area contributed by atoms with Gasteiger partial charge in [0.2, 0.25) is 17.7 Å². The summed E-state index contributed by atoms with van der Waals surface area (Å²) in [6, 6.07) is 6.92. The second-order valence-corrected chi connectivity index (χ2v) is 10.1. The molecule has 3 atom stereocenters. The van der Waals surface area contributed by atoms with E-state index in [2.05, 4.69) is 20.4 Å². The van der Waals surface area contributed by atoms with Crippen molar-refractivity contribution >= 4 is 23.7 Å². The lowest BCUT2D eigenvalue weighted by molar-refractivity contribution is -0.131. The number of primary amides is 1. The molecule has 0 aromatic heterocycles. The Kier molecular flexibility index (Phi) is 11.2. The topological polar surface area (TPSA) is 146 Å². The number of rotatable bonds is 12. The first-order valence-electron chi connectivity index (χ1n) is 13.6. The molecule has 204 valence electrons. The molecular formula is C27H43N7O3. The summed E-state index contributed by atoms with van der Waals surface area (Å²) in [4.78, 5) is 46.8. The molecule has 3 rings (SSSR count). The first kappa shape index (κ1) is 28.4. The Morgan fingerprint density at radius 2 is 1.51 bits per heavy atom. The van der Waals surface area contributed by atoms with Crippen molar-refractivity contribution in [3.63, 3.8) is 0 Å². The molecular weight excluding hydrogens is 470 g/mol. The quantitative estimate of drug-likeness (QED) is 0.184. The zero-order chi connectivity index (χ0) is 26.6. The van der Waals surface area contributed by atoms with Crippen LogP contribution >= 0.6 is 0 Å². The number of likely N-dealkylation sites (tertiary alicyclic amines) is 2. The van der Waals surface area contributed by atoms with E-state index < -0.39 is 29.9 Å². The molecule has 0 aliphatic carbocycles. The van der Waals surface area contributed by atoms with Gasteiger partial charge in [-0.05, 0) is 57.4 Å². The molecule has 10 heteroatoms. The summed E-state index contributed by atoms with van der Waals surface area (Å²) < 4.78 is 0. The van der Waals surface area contributed by atoms with Crippen LogP contribution in [0, 0.1) is 0 Å². The van der Waals surface area contributed by atoms with Crippen molar-refractivity contribution in [1.29, 1.82) is 0 Å². The molecule has 0 radical (unpaired) electrons. The van der Waals surface area contributed by atoms with E-state index in [0.717, 1.165) is 50.5 Å². The van der Waals surface area contributed by atoms with E-state index in [4.69, 9.17) is 16.5 Å². The molecule has 1 aromatic carbocycles. The Morgan fingerprint density at radius 1 is 0.919 bits per heavy atom. The van der Waals surface area contributed by atoms with Gasteiger partial charge in [0.15, 0.2) is 5.96 Å². The van der Waals surface area contributed by atoms with Gasteiger partial charge in [-0.2, -0.15) is 0 Å². The number of unbranched alkanes of at least 4 members (excludes halogenated alkanes) is 1. The number of aliphatic imine (C=N–C) groups is 1. The number of nitrogens with two attached hydrogens (primary N) is 2. The lowest BCUT2D eigenvalue weighted by Crippen LogP contribution is -2.55. The van der Waals surface area contributed by atoms with Crippen molar-refractivity contribution in [2.75, 3.05) is 32.7 Å². The second kappa shape index (κ2) is 14.6. The van der Waals surface area contributed by atoms with Gasteiger partial charge in [-0.25, -0.2) is 0 Å². The van der Waals surface area contributed by atoms with E-state index in [9.17, 15) is 14.4 Å². The average molecular weight is 514 g/mol. The van der Waals surface area contributed by atoms with Crippen molar-refractivity contribution in [2.45, 2.75) is 76.4 Å². The van der Waals surface area contributed by atoms with Crippen LogP contribution in [0.15, 0.2) is 35.3 Å². The maximum absolute atomic E-state index is 12.8. The number of nitrogens with zero attached hydrogens (tertiary/aromatic N) is 3. The van der Waals surface area contributed by atoms with Gasteiger partial charge < -0.3 is 31.9 Å². The van der Waals surface area contributed by atoms with E-state index in [-0.39, 0.29) is 12.3 Å².